The molecule has 2 aromatic carbocycles. The normalized spacial score (nSPS) is 18.1. The van der Waals surface area contributed by atoms with Crippen molar-refractivity contribution >= 4 is 0 Å². The number of benzene rings is 2. The third-order valence-corrected chi connectivity index (χ3v) is 6.54. The van der Waals surface area contributed by atoms with Crippen LogP contribution in [0.4, 0.5) is 8.78 Å². The molecule has 172 valence electrons. The summed E-state index contributed by atoms with van der Waals surface area (Å²) in [6, 6.07) is 11.2. The fourth-order valence-electron chi connectivity index (χ4n) is 4.57. The molecule has 0 aliphatic heterocycles. The highest BCUT2D eigenvalue weighted by Crippen LogP contribution is 2.37. The van der Waals surface area contributed by atoms with E-state index in [1.807, 2.05) is 19.1 Å². The van der Waals surface area contributed by atoms with Crippen LogP contribution < -0.4 is 4.74 Å². The summed E-state index contributed by atoms with van der Waals surface area (Å²) in [6.45, 7) is 4.54. The molecule has 0 spiro atoms. The zero-order valence-electron chi connectivity index (χ0n) is 19.6. The van der Waals surface area contributed by atoms with Crippen LogP contribution in [0, 0.1) is 29.4 Å². The molecule has 0 amide bonds. The third kappa shape index (κ3) is 6.83. The molecule has 32 heavy (non-hydrogen) atoms. The van der Waals surface area contributed by atoms with Crippen LogP contribution in [0.25, 0.3) is 0 Å². The number of rotatable bonds is 9. The van der Waals surface area contributed by atoms with Crippen molar-refractivity contribution in [2.24, 2.45) is 5.92 Å². The first-order chi connectivity index (χ1) is 15.6. The van der Waals surface area contributed by atoms with E-state index in [-0.39, 0.29) is 11.3 Å². The maximum absolute atomic E-state index is 14.3. The Labute approximate surface area is 192 Å². The molecule has 0 atom stereocenters. The maximum atomic E-state index is 14.3. The van der Waals surface area contributed by atoms with E-state index in [0.717, 1.165) is 17.9 Å². The van der Waals surface area contributed by atoms with Crippen LogP contribution in [0.5, 0.6) is 5.75 Å². The predicted molar refractivity (Wildman–Crippen MR) is 128 cm³/mol. The molecule has 1 nitrogen and oxygen atoms in total. The maximum Gasteiger partial charge on any atom is 0.201 e. The van der Waals surface area contributed by atoms with Crippen LogP contribution in [0.1, 0.15) is 101 Å². The molecule has 3 heteroatoms. The molecule has 0 N–H and O–H groups in total. The Morgan fingerprint density at radius 3 is 2.25 bits per heavy atom. The summed E-state index contributed by atoms with van der Waals surface area (Å²) in [5, 5.41) is 0. The standard InChI is InChI=1S/C29H36F2O/c1-3-5-6-7-8-22-9-14-24(15-10-22)25-16-11-23(12-17-25)13-18-26-19-20-27(32-21-4-2)29(31)28(26)30/h11-12,16-17,19-20,22,24H,3-10,14-15,21H2,1-2H3/t22-,24-. The van der Waals surface area contributed by atoms with E-state index in [1.165, 1.54) is 75.5 Å². The van der Waals surface area contributed by atoms with Gasteiger partial charge in [-0.05, 0) is 73.8 Å². The average Bonchev–Trinajstić information content (AvgIpc) is 2.83. The smallest absolute Gasteiger partial charge is 0.201 e. The lowest BCUT2D eigenvalue weighted by atomic mass is 9.77. The Hall–Kier alpha value is -2.34. The minimum atomic E-state index is -0.971. The fraction of sp³-hybridized carbons (Fsp3) is 0.517. The van der Waals surface area contributed by atoms with Gasteiger partial charge in [0, 0.05) is 5.56 Å². The molecule has 1 aliphatic carbocycles. The quantitative estimate of drug-likeness (QED) is 0.282. The molecular formula is C29H36F2O. The van der Waals surface area contributed by atoms with Crippen molar-refractivity contribution in [1.82, 2.24) is 0 Å². The summed E-state index contributed by atoms with van der Waals surface area (Å²) in [5.41, 5.74) is 2.23. The summed E-state index contributed by atoms with van der Waals surface area (Å²) in [7, 11) is 0. The first-order valence-electron chi connectivity index (χ1n) is 12.3. The van der Waals surface area contributed by atoms with Gasteiger partial charge in [-0.1, -0.05) is 69.9 Å². The van der Waals surface area contributed by atoms with E-state index >= 15 is 0 Å². The van der Waals surface area contributed by atoms with Crippen LogP contribution in [0.2, 0.25) is 0 Å². The Bertz CT molecular complexity index is 899. The lowest BCUT2D eigenvalue weighted by molar-refractivity contribution is 0.295. The van der Waals surface area contributed by atoms with E-state index in [1.54, 1.807) is 0 Å². The van der Waals surface area contributed by atoms with E-state index in [2.05, 4.69) is 30.9 Å². The van der Waals surface area contributed by atoms with Gasteiger partial charge in [-0.2, -0.15) is 4.39 Å². The van der Waals surface area contributed by atoms with Crippen molar-refractivity contribution in [3.8, 4) is 17.6 Å². The second-order valence-corrected chi connectivity index (χ2v) is 9.03. The van der Waals surface area contributed by atoms with Gasteiger partial charge in [0.25, 0.3) is 0 Å². The lowest BCUT2D eigenvalue weighted by Gasteiger charge is -2.29. The van der Waals surface area contributed by atoms with Gasteiger partial charge < -0.3 is 4.74 Å². The highest BCUT2D eigenvalue weighted by atomic mass is 19.2. The van der Waals surface area contributed by atoms with Gasteiger partial charge in [-0.25, -0.2) is 4.39 Å². The second-order valence-electron chi connectivity index (χ2n) is 9.03. The number of halogens is 2. The molecule has 2 aromatic rings. The number of unbranched alkanes of at least 4 members (excludes halogenated alkanes) is 3. The van der Waals surface area contributed by atoms with Crippen molar-refractivity contribution < 1.29 is 13.5 Å². The average molecular weight is 439 g/mol. The van der Waals surface area contributed by atoms with Gasteiger partial charge >= 0.3 is 0 Å². The Morgan fingerprint density at radius 2 is 1.56 bits per heavy atom. The topological polar surface area (TPSA) is 9.23 Å². The molecule has 0 heterocycles. The number of hydrogen-bond acceptors (Lipinski definition) is 1. The van der Waals surface area contributed by atoms with Crippen LogP contribution in [-0.2, 0) is 0 Å². The third-order valence-electron chi connectivity index (χ3n) is 6.54. The highest BCUT2D eigenvalue weighted by molar-refractivity contribution is 5.46. The van der Waals surface area contributed by atoms with E-state index in [4.69, 9.17) is 4.74 Å². The zero-order chi connectivity index (χ0) is 22.8. The first kappa shape index (κ1) is 24.3. The van der Waals surface area contributed by atoms with Crippen LogP contribution in [0.15, 0.2) is 36.4 Å². The second kappa shape index (κ2) is 12.6. The monoisotopic (exact) mass is 438 g/mol. The molecule has 0 unspecified atom stereocenters. The van der Waals surface area contributed by atoms with Gasteiger partial charge in [0.2, 0.25) is 5.82 Å². The molecular weight excluding hydrogens is 402 g/mol. The van der Waals surface area contributed by atoms with Crippen LogP contribution >= 0.6 is 0 Å². The van der Waals surface area contributed by atoms with E-state index in [0.29, 0.717) is 12.5 Å². The van der Waals surface area contributed by atoms with Crippen molar-refractivity contribution in [2.75, 3.05) is 6.61 Å². The summed E-state index contributed by atoms with van der Waals surface area (Å²) in [5.74, 6) is 5.29. The molecule has 3 rings (SSSR count). The number of hydrogen-bond donors (Lipinski definition) is 0. The predicted octanol–water partition coefficient (Wildman–Crippen LogP) is 8.40. The van der Waals surface area contributed by atoms with Gasteiger partial charge in [0.1, 0.15) is 0 Å². The van der Waals surface area contributed by atoms with Gasteiger partial charge in [-0.3, -0.25) is 0 Å². The molecule has 0 bridgehead atoms. The molecule has 1 aliphatic rings. The van der Waals surface area contributed by atoms with Gasteiger partial charge in [0.15, 0.2) is 11.6 Å². The molecule has 0 aromatic heterocycles. The van der Waals surface area contributed by atoms with Crippen molar-refractivity contribution in [2.45, 2.75) is 84.0 Å². The summed E-state index contributed by atoms with van der Waals surface area (Å²) < 4.78 is 33.6. The first-order valence-corrected chi connectivity index (χ1v) is 12.3. The Morgan fingerprint density at radius 1 is 0.812 bits per heavy atom. The molecule has 0 radical (unpaired) electrons. The Balaban J connectivity index is 1.55. The van der Waals surface area contributed by atoms with Crippen molar-refractivity contribution in [3.05, 3.63) is 64.7 Å². The largest absolute Gasteiger partial charge is 0.490 e. The molecule has 1 fully saturated rings. The van der Waals surface area contributed by atoms with Crippen molar-refractivity contribution in [1.29, 1.82) is 0 Å². The highest BCUT2D eigenvalue weighted by Gasteiger charge is 2.22. The fourth-order valence-corrected chi connectivity index (χ4v) is 4.57. The van der Waals surface area contributed by atoms with Crippen molar-refractivity contribution in [3.63, 3.8) is 0 Å². The summed E-state index contributed by atoms with van der Waals surface area (Å²) in [4.78, 5) is 0. The Kier molecular flexibility index (Phi) is 9.60. The van der Waals surface area contributed by atoms with Gasteiger partial charge in [-0.15, -0.1) is 0 Å². The molecule has 1 saturated carbocycles. The minimum Gasteiger partial charge on any atom is -0.490 e. The lowest BCUT2D eigenvalue weighted by Crippen LogP contribution is -2.13. The summed E-state index contributed by atoms with van der Waals surface area (Å²) in [6.07, 6.45) is 12.8. The zero-order valence-corrected chi connectivity index (χ0v) is 19.6. The number of ether oxygens (including phenoxy) is 1. The van der Waals surface area contributed by atoms with E-state index < -0.39 is 11.6 Å². The van der Waals surface area contributed by atoms with Crippen LogP contribution in [0.3, 0.4) is 0 Å². The minimum absolute atomic E-state index is 0.0488. The summed E-state index contributed by atoms with van der Waals surface area (Å²) >= 11 is 0. The molecule has 0 saturated heterocycles. The van der Waals surface area contributed by atoms with E-state index in [9.17, 15) is 8.78 Å². The van der Waals surface area contributed by atoms with Crippen LogP contribution in [-0.4, -0.2) is 6.61 Å². The van der Waals surface area contributed by atoms with Gasteiger partial charge in [0.05, 0.1) is 12.2 Å². The SMILES string of the molecule is CCCCCC[C@H]1CC[C@H](c2ccc(C#Cc3ccc(OCCC)c(F)c3F)cc2)CC1.